The number of likely N-dealkylation sites (tertiary alicyclic amines) is 1. The zero-order chi connectivity index (χ0) is 18.3. The number of para-hydroxylation sites is 1. The summed E-state index contributed by atoms with van der Waals surface area (Å²) in [5, 5.41) is 1.22. The first kappa shape index (κ1) is 17.9. The smallest absolute Gasteiger partial charge is 0.121 e. The molecule has 0 saturated carbocycles. The second-order valence-corrected chi connectivity index (χ2v) is 7.34. The predicted molar refractivity (Wildman–Crippen MR) is 110 cm³/mol. The molecule has 0 radical (unpaired) electrons. The highest BCUT2D eigenvalue weighted by Crippen LogP contribution is 2.21. The van der Waals surface area contributed by atoms with E-state index < -0.39 is 0 Å². The summed E-state index contributed by atoms with van der Waals surface area (Å²) in [7, 11) is 0. The largest absolute Gasteiger partial charge is 0.493 e. The van der Waals surface area contributed by atoms with Crippen molar-refractivity contribution in [1.82, 2.24) is 9.88 Å². The standard InChI is InChI=1S/C23H28N2O2/c1-2-5-21(6-3-1)27-18-19-10-14-25(15-11-19)13-4-16-26-22-8-7-20-9-12-24-23(20)17-22/h1-3,5-9,12,17,19,24H,4,10-11,13-16,18H2. The van der Waals surface area contributed by atoms with Crippen LogP contribution in [0.2, 0.25) is 0 Å². The predicted octanol–water partition coefficient (Wildman–Crippen LogP) is 4.73. The normalized spacial score (nSPS) is 15.9. The molecule has 1 aliphatic rings. The molecular formula is C23H28N2O2. The van der Waals surface area contributed by atoms with Crippen molar-refractivity contribution in [3.8, 4) is 11.5 Å². The van der Waals surface area contributed by atoms with Gasteiger partial charge in [-0.05, 0) is 74.0 Å². The molecule has 3 aromatic rings. The molecular weight excluding hydrogens is 336 g/mol. The number of H-pyrrole nitrogens is 1. The molecule has 1 fully saturated rings. The van der Waals surface area contributed by atoms with Crippen LogP contribution in [0.1, 0.15) is 19.3 Å². The fraction of sp³-hybridized carbons (Fsp3) is 0.391. The summed E-state index contributed by atoms with van der Waals surface area (Å²) in [4.78, 5) is 5.78. The molecule has 0 atom stereocenters. The van der Waals surface area contributed by atoms with Crippen molar-refractivity contribution in [3.05, 3.63) is 60.8 Å². The number of aromatic nitrogens is 1. The van der Waals surface area contributed by atoms with Crippen LogP contribution in [-0.4, -0.2) is 42.7 Å². The number of ether oxygens (including phenoxy) is 2. The molecule has 2 heterocycles. The van der Waals surface area contributed by atoms with Crippen LogP contribution in [0.4, 0.5) is 0 Å². The minimum absolute atomic E-state index is 0.672. The lowest BCUT2D eigenvalue weighted by Crippen LogP contribution is -2.36. The van der Waals surface area contributed by atoms with Gasteiger partial charge in [0.25, 0.3) is 0 Å². The third-order valence-corrected chi connectivity index (χ3v) is 5.35. The number of piperidine rings is 1. The minimum atomic E-state index is 0.672. The van der Waals surface area contributed by atoms with Gasteiger partial charge in [-0.15, -0.1) is 0 Å². The maximum atomic E-state index is 5.92. The lowest BCUT2D eigenvalue weighted by molar-refractivity contribution is 0.135. The van der Waals surface area contributed by atoms with Crippen LogP contribution >= 0.6 is 0 Å². The average molecular weight is 364 g/mol. The summed E-state index contributed by atoms with van der Waals surface area (Å²) >= 11 is 0. The van der Waals surface area contributed by atoms with E-state index in [9.17, 15) is 0 Å². The molecule has 1 saturated heterocycles. The highest BCUT2D eigenvalue weighted by atomic mass is 16.5. The molecule has 0 amide bonds. The molecule has 0 aliphatic carbocycles. The molecule has 0 bridgehead atoms. The second-order valence-electron chi connectivity index (χ2n) is 7.34. The minimum Gasteiger partial charge on any atom is -0.493 e. The Labute approximate surface area is 161 Å². The van der Waals surface area contributed by atoms with Gasteiger partial charge in [-0.25, -0.2) is 0 Å². The van der Waals surface area contributed by atoms with Crippen LogP contribution in [0.3, 0.4) is 0 Å². The van der Waals surface area contributed by atoms with Gasteiger partial charge in [0.1, 0.15) is 11.5 Å². The van der Waals surface area contributed by atoms with Crippen molar-refractivity contribution in [1.29, 1.82) is 0 Å². The Bertz CT molecular complexity index is 823. The molecule has 0 unspecified atom stereocenters. The van der Waals surface area contributed by atoms with Gasteiger partial charge in [-0.1, -0.05) is 18.2 Å². The van der Waals surface area contributed by atoms with E-state index in [1.807, 2.05) is 36.5 Å². The van der Waals surface area contributed by atoms with E-state index in [1.165, 1.54) is 18.2 Å². The van der Waals surface area contributed by atoms with Crippen molar-refractivity contribution < 1.29 is 9.47 Å². The van der Waals surface area contributed by atoms with Crippen LogP contribution in [0, 0.1) is 5.92 Å². The number of hydrogen-bond donors (Lipinski definition) is 1. The first-order valence-corrected chi connectivity index (χ1v) is 9.97. The summed E-state index contributed by atoms with van der Waals surface area (Å²) < 4.78 is 11.8. The lowest BCUT2D eigenvalue weighted by atomic mass is 9.98. The Morgan fingerprint density at radius 2 is 1.78 bits per heavy atom. The molecule has 27 heavy (non-hydrogen) atoms. The van der Waals surface area contributed by atoms with Gasteiger partial charge in [0.05, 0.1) is 13.2 Å². The van der Waals surface area contributed by atoms with E-state index in [0.717, 1.165) is 56.3 Å². The van der Waals surface area contributed by atoms with E-state index in [1.54, 1.807) is 0 Å². The number of hydrogen-bond acceptors (Lipinski definition) is 3. The van der Waals surface area contributed by atoms with Crippen molar-refractivity contribution in [2.45, 2.75) is 19.3 Å². The van der Waals surface area contributed by atoms with Crippen LogP contribution in [0.15, 0.2) is 60.8 Å². The number of aromatic amines is 1. The molecule has 4 nitrogen and oxygen atoms in total. The quantitative estimate of drug-likeness (QED) is 0.587. The average Bonchev–Trinajstić information content (AvgIpc) is 3.19. The number of benzene rings is 2. The topological polar surface area (TPSA) is 37.5 Å². The monoisotopic (exact) mass is 364 g/mol. The van der Waals surface area contributed by atoms with Gasteiger partial charge in [0.2, 0.25) is 0 Å². The third kappa shape index (κ3) is 5.04. The summed E-state index contributed by atoms with van der Waals surface area (Å²) in [5.74, 6) is 2.60. The Hall–Kier alpha value is -2.46. The van der Waals surface area contributed by atoms with E-state index in [4.69, 9.17) is 9.47 Å². The van der Waals surface area contributed by atoms with Crippen LogP contribution in [-0.2, 0) is 0 Å². The van der Waals surface area contributed by atoms with Crippen LogP contribution in [0.25, 0.3) is 10.9 Å². The maximum absolute atomic E-state index is 5.92. The number of nitrogens with zero attached hydrogens (tertiary/aromatic N) is 1. The molecule has 1 aromatic heterocycles. The second kappa shape index (κ2) is 8.96. The molecule has 1 N–H and O–H groups in total. The van der Waals surface area contributed by atoms with Gasteiger partial charge in [-0.2, -0.15) is 0 Å². The lowest BCUT2D eigenvalue weighted by Gasteiger charge is -2.31. The van der Waals surface area contributed by atoms with E-state index in [0.29, 0.717) is 5.92 Å². The van der Waals surface area contributed by atoms with Gasteiger partial charge in [-0.3, -0.25) is 0 Å². The van der Waals surface area contributed by atoms with Gasteiger partial charge >= 0.3 is 0 Å². The van der Waals surface area contributed by atoms with Crippen LogP contribution in [0.5, 0.6) is 11.5 Å². The SMILES string of the molecule is c1ccc(OCC2CCN(CCCOc3ccc4cc[nH]c4c3)CC2)cc1. The highest BCUT2D eigenvalue weighted by Gasteiger charge is 2.19. The fourth-order valence-electron chi connectivity index (χ4n) is 3.70. The summed E-state index contributed by atoms with van der Waals surface area (Å²) in [6.45, 7) is 5.04. The first-order chi connectivity index (χ1) is 13.4. The Kier molecular flexibility index (Phi) is 5.95. The van der Waals surface area contributed by atoms with Gasteiger partial charge in [0.15, 0.2) is 0 Å². The van der Waals surface area contributed by atoms with Crippen molar-refractivity contribution >= 4 is 10.9 Å². The highest BCUT2D eigenvalue weighted by molar-refractivity contribution is 5.80. The maximum Gasteiger partial charge on any atom is 0.121 e. The molecule has 4 rings (SSSR count). The Balaban J connectivity index is 1.11. The van der Waals surface area contributed by atoms with E-state index in [2.05, 4.69) is 34.1 Å². The van der Waals surface area contributed by atoms with Crippen LogP contribution < -0.4 is 9.47 Å². The zero-order valence-electron chi connectivity index (χ0n) is 15.8. The zero-order valence-corrected chi connectivity index (χ0v) is 15.8. The number of nitrogens with one attached hydrogen (secondary N) is 1. The van der Waals surface area contributed by atoms with E-state index >= 15 is 0 Å². The van der Waals surface area contributed by atoms with Crippen molar-refractivity contribution in [2.24, 2.45) is 5.92 Å². The van der Waals surface area contributed by atoms with Crippen molar-refractivity contribution in [2.75, 3.05) is 32.8 Å². The first-order valence-electron chi connectivity index (χ1n) is 9.97. The summed E-state index contributed by atoms with van der Waals surface area (Å²) in [6.07, 6.45) is 5.46. The number of rotatable bonds is 8. The Morgan fingerprint density at radius 1 is 0.926 bits per heavy atom. The summed E-state index contributed by atoms with van der Waals surface area (Å²) in [6, 6.07) is 18.4. The Morgan fingerprint density at radius 3 is 2.63 bits per heavy atom. The molecule has 142 valence electrons. The molecule has 2 aromatic carbocycles. The molecule has 1 aliphatic heterocycles. The molecule has 4 heteroatoms. The molecule has 0 spiro atoms. The summed E-state index contributed by atoms with van der Waals surface area (Å²) in [5.41, 5.74) is 1.13. The van der Waals surface area contributed by atoms with Gasteiger partial charge in [0, 0.05) is 24.3 Å². The van der Waals surface area contributed by atoms with E-state index in [-0.39, 0.29) is 0 Å². The number of fused-ring (bicyclic) bond motifs is 1. The van der Waals surface area contributed by atoms with Gasteiger partial charge < -0.3 is 19.4 Å². The van der Waals surface area contributed by atoms with Crippen molar-refractivity contribution in [3.63, 3.8) is 0 Å². The third-order valence-electron chi connectivity index (χ3n) is 5.35. The fourth-order valence-corrected chi connectivity index (χ4v) is 3.70.